The number of hydrogen-bond donors (Lipinski definition) is 1. The predicted octanol–water partition coefficient (Wildman–Crippen LogP) is 3.74. The Labute approximate surface area is 201 Å². The average Bonchev–Trinajstić information content (AvgIpc) is 3.40. The molecule has 0 aliphatic heterocycles. The molecule has 0 fully saturated rings. The minimum atomic E-state index is -0.254. The highest BCUT2D eigenvalue weighted by molar-refractivity contribution is 7.99. The molecule has 0 unspecified atom stereocenters. The lowest BCUT2D eigenvalue weighted by atomic mass is 10.2. The number of amides is 1. The number of rotatable bonds is 8. The molecule has 2 aromatic carbocycles. The summed E-state index contributed by atoms with van der Waals surface area (Å²) in [6, 6.07) is 19.5. The van der Waals surface area contributed by atoms with Crippen molar-refractivity contribution in [3.8, 4) is 17.5 Å². The van der Waals surface area contributed by atoms with Gasteiger partial charge in [-0.2, -0.15) is 5.26 Å². The maximum absolute atomic E-state index is 12.9. The first-order chi connectivity index (χ1) is 16.5. The van der Waals surface area contributed by atoms with Crippen LogP contribution in [0.25, 0.3) is 5.69 Å². The summed E-state index contributed by atoms with van der Waals surface area (Å²) in [5.74, 6) is 1.07. The summed E-state index contributed by atoms with van der Waals surface area (Å²) >= 11 is 1.23. The zero-order valence-corrected chi connectivity index (χ0v) is 19.8. The van der Waals surface area contributed by atoms with E-state index < -0.39 is 0 Å². The molecular weight excluding hydrogens is 450 g/mol. The van der Waals surface area contributed by atoms with Gasteiger partial charge in [0.1, 0.15) is 17.6 Å². The lowest BCUT2D eigenvalue weighted by molar-refractivity contribution is -0.113. The van der Waals surface area contributed by atoms with Crippen LogP contribution in [0.4, 0.5) is 5.82 Å². The first-order valence-electron chi connectivity index (χ1n) is 10.5. The molecule has 4 aromatic rings. The standard InChI is InChI=1S/C24H23N7O2S/c1-16-17(2)31(19-7-5-4-6-8-19)23(21(16)13-25)26-22(32)15-34-24-27-28-29-30(24)14-18-9-11-20(33-3)12-10-18/h4-12H,14-15H2,1-3H3,(H,26,32). The van der Waals surface area contributed by atoms with Crippen LogP contribution in [0.1, 0.15) is 22.4 Å². The van der Waals surface area contributed by atoms with Gasteiger partial charge in [0.15, 0.2) is 0 Å². The van der Waals surface area contributed by atoms with E-state index in [9.17, 15) is 10.1 Å². The smallest absolute Gasteiger partial charge is 0.236 e. The number of nitrogens with zero attached hydrogens (tertiary/aromatic N) is 6. The molecule has 0 atom stereocenters. The Morgan fingerprint density at radius 2 is 1.88 bits per heavy atom. The molecular formula is C24H23N7O2S. The molecule has 0 aliphatic carbocycles. The summed E-state index contributed by atoms with van der Waals surface area (Å²) in [7, 11) is 1.62. The molecule has 1 N–H and O–H groups in total. The Balaban J connectivity index is 1.48. The van der Waals surface area contributed by atoms with Crippen molar-refractivity contribution in [1.29, 1.82) is 5.26 Å². The van der Waals surface area contributed by atoms with Gasteiger partial charge in [-0.25, -0.2) is 4.68 Å². The average molecular weight is 474 g/mol. The minimum absolute atomic E-state index is 0.0892. The molecule has 0 bridgehead atoms. The molecule has 0 aliphatic rings. The number of nitriles is 1. The van der Waals surface area contributed by atoms with Gasteiger partial charge in [-0.1, -0.05) is 42.1 Å². The van der Waals surface area contributed by atoms with Crippen molar-refractivity contribution in [3.05, 3.63) is 77.0 Å². The number of benzene rings is 2. The third-order valence-corrected chi connectivity index (χ3v) is 6.38. The van der Waals surface area contributed by atoms with Crippen molar-refractivity contribution in [2.45, 2.75) is 25.5 Å². The zero-order valence-electron chi connectivity index (χ0n) is 19.0. The molecule has 0 radical (unpaired) electrons. The van der Waals surface area contributed by atoms with E-state index in [1.807, 2.05) is 73.0 Å². The van der Waals surface area contributed by atoms with Gasteiger partial charge >= 0.3 is 0 Å². The third-order valence-electron chi connectivity index (χ3n) is 5.42. The molecule has 1 amide bonds. The number of thioether (sulfide) groups is 1. The number of carbonyl (C=O) groups excluding carboxylic acids is 1. The summed E-state index contributed by atoms with van der Waals surface area (Å²) in [5.41, 5.74) is 4.05. The number of aromatic nitrogens is 5. The number of anilines is 1. The van der Waals surface area contributed by atoms with Crippen molar-refractivity contribution in [1.82, 2.24) is 24.8 Å². The summed E-state index contributed by atoms with van der Waals surface area (Å²) in [5, 5.41) is 25.0. The minimum Gasteiger partial charge on any atom is -0.497 e. The van der Waals surface area contributed by atoms with E-state index in [0.717, 1.165) is 28.3 Å². The van der Waals surface area contributed by atoms with E-state index >= 15 is 0 Å². The lowest BCUT2D eigenvalue weighted by Gasteiger charge is -2.13. The molecule has 34 heavy (non-hydrogen) atoms. The van der Waals surface area contributed by atoms with Gasteiger partial charge in [0.05, 0.1) is 25.0 Å². The largest absolute Gasteiger partial charge is 0.497 e. The Bertz CT molecular complexity index is 1340. The fraction of sp³-hybridized carbons (Fsp3) is 0.208. The number of ether oxygens (including phenoxy) is 1. The number of tetrazole rings is 1. The number of methoxy groups -OCH3 is 1. The number of carbonyl (C=O) groups is 1. The first-order valence-corrected chi connectivity index (χ1v) is 11.5. The molecule has 2 heterocycles. The molecule has 0 saturated heterocycles. The topological polar surface area (TPSA) is 111 Å². The van der Waals surface area contributed by atoms with Gasteiger partial charge in [0.25, 0.3) is 0 Å². The molecule has 4 rings (SSSR count). The molecule has 9 nitrogen and oxygen atoms in total. The van der Waals surface area contributed by atoms with E-state index in [2.05, 4.69) is 26.9 Å². The highest BCUT2D eigenvalue weighted by atomic mass is 32.2. The maximum Gasteiger partial charge on any atom is 0.236 e. The fourth-order valence-corrected chi connectivity index (χ4v) is 4.24. The Morgan fingerprint density at radius 1 is 1.15 bits per heavy atom. The van der Waals surface area contributed by atoms with Crippen LogP contribution in [0.3, 0.4) is 0 Å². The molecule has 10 heteroatoms. The summed E-state index contributed by atoms with van der Waals surface area (Å²) in [4.78, 5) is 12.9. The van der Waals surface area contributed by atoms with Gasteiger partial charge in [-0.05, 0) is 59.7 Å². The quantitative estimate of drug-likeness (QED) is 0.388. The number of para-hydroxylation sites is 1. The van der Waals surface area contributed by atoms with Crippen molar-refractivity contribution in [3.63, 3.8) is 0 Å². The zero-order chi connectivity index (χ0) is 24.1. The van der Waals surface area contributed by atoms with Gasteiger partial charge in [0.2, 0.25) is 11.1 Å². The Kier molecular flexibility index (Phi) is 6.94. The first kappa shape index (κ1) is 23.1. The van der Waals surface area contributed by atoms with Crippen LogP contribution >= 0.6 is 11.8 Å². The molecule has 2 aromatic heterocycles. The van der Waals surface area contributed by atoms with E-state index in [4.69, 9.17) is 4.74 Å². The monoisotopic (exact) mass is 473 g/mol. The molecule has 0 saturated carbocycles. The van der Waals surface area contributed by atoms with Crippen LogP contribution in [0.2, 0.25) is 0 Å². The van der Waals surface area contributed by atoms with Gasteiger partial charge in [-0.3, -0.25) is 9.36 Å². The van der Waals surface area contributed by atoms with Crippen molar-refractivity contribution < 1.29 is 9.53 Å². The van der Waals surface area contributed by atoms with Crippen LogP contribution in [0, 0.1) is 25.2 Å². The highest BCUT2D eigenvalue weighted by Gasteiger charge is 2.21. The van der Waals surface area contributed by atoms with Crippen molar-refractivity contribution in [2.24, 2.45) is 0 Å². The van der Waals surface area contributed by atoms with E-state index in [1.165, 1.54) is 11.8 Å². The van der Waals surface area contributed by atoms with Crippen molar-refractivity contribution in [2.75, 3.05) is 18.2 Å². The fourth-order valence-electron chi connectivity index (χ4n) is 3.56. The second-order valence-corrected chi connectivity index (χ2v) is 8.46. The van der Waals surface area contributed by atoms with Crippen molar-refractivity contribution >= 4 is 23.5 Å². The Hall–Kier alpha value is -4.10. The number of nitrogens with one attached hydrogen (secondary N) is 1. The van der Waals surface area contributed by atoms with Crippen LogP contribution in [-0.4, -0.2) is 43.5 Å². The summed E-state index contributed by atoms with van der Waals surface area (Å²) in [6.07, 6.45) is 0. The second-order valence-electron chi connectivity index (χ2n) is 7.52. The van der Waals surface area contributed by atoms with Crippen LogP contribution in [0.15, 0.2) is 59.8 Å². The summed E-state index contributed by atoms with van der Waals surface area (Å²) < 4.78 is 8.72. The SMILES string of the molecule is COc1ccc(Cn2nnnc2SCC(=O)Nc2c(C#N)c(C)c(C)n2-c2ccccc2)cc1. The van der Waals surface area contributed by atoms with Crippen LogP contribution < -0.4 is 10.1 Å². The lowest BCUT2D eigenvalue weighted by Crippen LogP contribution is -2.18. The molecule has 0 spiro atoms. The normalized spacial score (nSPS) is 10.6. The van der Waals surface area contributed by atoms with Gasteiger partial charge in [-0.15, -0.1) is 5.10 Å². The number of hydrogen-bond acceptors (Lipinski definition) is 7. The van der Waals surface area contributed by atoms with Crippen LogP contribution in [0.5, 0.6) is 5.75 Å². The van der Waals surface area contributed by atoms with Gasteiger partial charge < -0.3 is 10.1 Å². The highest BCUT2D eigenvalue weighted by Crippen LogP contribution is 2.30. The Morgan fingerprint density at radius 3 is 2.56 bits per heavy atom. The van der Waals surface area contributed by atoms with E-state index in [1.54, 1.807) is 11.8 Å². The van der Waals surface area contributed by atoms with E-state index in [0.29, 0.717) is 23.1 Å². The molecule has 172 valence electrons. The second kappa shape index (κ2) is 10.2. The van der Waals surface area contributed by atoms with Gasteiger partial charge in [0, 0.05) is 11.4 Å². The van der Waals surface area contributed by atoms with Crippen LogP contribution in [-0.2, 0) is 11.3 Å². The predicted molar refractivity (Wildman–Crippen MR) is 129 cm³/mol. The summed E-state index contributed by atoms with van der Waals surface area (Å²) in [6.45, 7) is 4.28. The third kappa shape index (κ3) is 4.79. The van der Waals surface area contributed by atoms with E-state index in [-0.39, 0.29) is 11.7 Å². The maximum atomic E-state index is 12.9.